The SMILES string of the molecule is Cc1ccc(F)cc1-c1cc(Cl)nc(C2CC2)n1. The molecule has 1 fully saturated rings. The molecule has 18 heavy (non-hydrogen) atoms. The van der Waals surface area contributed by atoms with E-state index in [1.807, 2.05) is 6.92 Å². The Morgan fingerprint density at radius 2 is 2.00 bits per heavy atom. The van der Waals surface area contributed by atoms with E-state index in [9.17, 15) is 4.39 Å². The average molecular weight is 263 g/mol. The number of halogens is 2. The molecule has 0 amide bonds. The summed E-state index contributed by atoms with van der Waals surface area (Å²) in [6.07, 6.45) is 2.23. The minimum atomic E-state index is -0.265. The third-order valence-electron chi connectivity index (χ3n) is 3.13. The molecular weight excluding hydrogens is 251 g/mol. The van der Waals surface area contributed by atoms with Crippen molar-refractivity contribution in [2.45, 2.75) is 25.7 Å². The van der Waals surface area contributed by atoms with Crippen LogP contribution in [0.3, 0.4) is 0 Å². The van der Waals surface area contributed by atoms with Crippen molar-refractivity contribution in [1.82, 2.24) is 9.97 Å². The van der Waals surface area contributed by atoms with Gasteiger partial charge in [-0.3, -0.25) is 0 Å². The van der Waals surface area contributed by atoms with Crippen LogP contribution in [0, 0.1) is 12.7 Å². The highest BCUT2D eigenvalue weighted by Crippen LogP contribution is 2.39. The summed E-state index contributed by atoms with van der Waals surface area (Å²) in [6, 6.07) is 6.38. The second-order valence-electron chi connectivity index (χ2n) is 4.67. The number of aromatic nitrogens is 2. The van der Waals surface area contributed by atoms with Crippen LogP contribution in [0.5, 0.6) is 0 Å². The lowest BCUT2D eigenvalue weighted by Crippen LogP contribution is -1.97. The van der Waals surface area contributed by atoms with E-state index in [1.165, 1.54) is 12.1 Å². The standard InChI is InChI=1S/C14H12ClFN2/c1-8-2-5-10(16)6-11(8)12-7-13(15)18-14(17-12)9-3-4-9/h2,5-7,9H,3-4H2,1H3. The molecule has 0 saturated heterocycles. The van der Waals surface area contributed by atoms with Crippen molar-refractivity contribution in [3.05, 3.63) is 46.6 Å². The maximum Gasteiger partial charge on any atom is 0.133 e. The summed E-state index contributed by atoms with van der Waals surface area (Å²) >= 11 is 6.02. The normalized spacial score (nSPS) is 14.8. The molecule has 92 valence electrons. The number of benzene rings is 1. The minimum absolute atomic E-state index is 0.265. The van der Waals surface area contributed by atoms with E-state index in [0.29, 0.717) is 16.8 Å². The van der Waals surface area contributed by atoms with Gasteiger partial charge in [-0.2, -0.15) is 0 Å². The van der Waals surface area contributed by atoms with Gasteiger partial charge >= 0.3 is 0 Å². The van der Waals surface area contributed by atoms with E-state index in [1.54, 1.807) is 12.1 Å². The molecule has 1 aromatic heterocycles. The van der Waals surface area contributed by atoms with Crippen molar-refractivity contribution in [3.8, 4) is 11.3 Å². The zero-order chi connectivity index (χ0) is 12.7. The molecule has 1 aromatic carbocycles. The molecule has 1 aliphatic carbocycles. The van der Waals surface area contributed by atoms with Crippen molar-refractivity contribution in [2.75, 3.05) is 0 Å². The van der Waals surface area contributed by atoms with E-state index in [4.69, 9.17) is 11.6 Å². The predicted octanol–water partition coefficient (Wildman–Crippen LogP) is 4.12. The predicted molar refractivity (Wildman–Crippen MR) is 69.1 cm³/mol. The summed E-state index contributed by atoms with van der Waals surface area (Å²) in [5.74, 6) is 0.941. The molecule has 0 spiro atoms. The van der Waals surface area contributed by atoms with Gasteiger partial charge in [-0.15, -0.1) is 0 Å². The van der Waals surface area contributed by atoms with Gasteiger partial charge in [-0.1, -0.05) is 17.7 Å². The third-order valence-corrected chi connectivity index (χ3v) is 3.32. The Morgan fingerprint density at radius 1 is 1.22 bits per heavy atom. The summed E-state index contributed by atoms with van der Waals surface area (Å²) < 4.78 is 13.3. The Balaban J connectivity index is 2.12. The summed E-state index contributed by atoms with van der Waals surface area (Å²) in [5.41, 5.74) is 2.46. The second kappa shape index (κ2) is 4.32. The van der Waals surface area contributed by atoms with Crippen LogP contribution in [-0.2, 0) is 0 Å². The van der Waals surface area contributed by atoms with Crippen LogP contribution in [0.4, 0.5) is 4.39 Å². The van der Waals surface area contributed by atoms with Crippen LogP contribution in [-0.4, -0.2) is 9.97 Å². The first-order valence-electron chi connectivity index (χ1n) is 5.94. The number of nitrogens with zero attached hydrogens (tertiary/aromatic N) is 2. The van der Waals surface area contributed by atoms with Gasteiger partial charge in [0.25, 0.3) is 0 Å². The molecule has 1 heterocycles. The molecule has 0 aliphatic heterocycles. The third kappa shape index (κ3) is 2.23. The molecule has 2 aromatic rings. The zero-order valence-electron chi connectivity index (χ0n) is 9.95. The first kappa shape index (κ1) is 11.6. The van der Waals surface area contributed by atoms with E-state index in [2.05, 4.69) is 9.97 Å². The summed E-state index contributed by atoms with van der Waals surface area (Å²) in [6.45, 7) is 1.93. The molecule has 0 radical (unpaired) electrons. The fraction of sp³-hybridized carbons (Fsp3) is 0.286. The molecule has 0 N–H and O–H groups in total. The van der Waals surface area contributed by atoms with E-state index < -0.39 is 0 Å². The van der Waals surface area contributed by atoms with Crippen molar-refractivity contribution >= 4 is 11.6 Å². The maximum absolute atomic E-state index is 13.3. The summed E-state index contributed by atoms with van der Waals surface area (Å²) in [5, 5.41) is 0.422. The lowest BCUT2D eigenvalue weighted by molar-refractivity contribution is 0.628. The van der Waals surface area contributed by atoms with Gasteiger partial charge in [0.1, 0.15) is 16.8 Å². The Kier molecular flexibility index (Phi) is 2.78. The zero-order valence-corrected chi connectivity index (χ0v) is 10.7. The molecule has 1 saturated carbocycles. The fourth-order valence-corrected chi connectivity index (χ4v) is 2.16. The second-order valence-corrected chi connectivity index (χ2v) is 5.05. The first-order valence-corrected chi connectivity index (χ1v) is 6.32. The van der Waals surface area contributed by atoms with Crippen molar-refractivity contribution in [2.24, 2.45) is 0 Å². The van der Waals surface area contributed by atoms with Gasteiger partial charge in [0, 0.05) is 17.5 Å². The Morgan fingerprint density at radius 3 is 2.72 bits per heavy atom. The summed E-state index contributed by atoms with van der Waals surface area (Å²) in [7, 11) is 0. The topological polar surface area (TPSA) is 25.8 Å². The van der Waals surface area contributed by atoms with Crippen LogP contribution in [0.15, 0.2) is 24.3 Å². The highest BCUT2D eigenvalue weighted by Gasteiger charge is 2.27. The van der Waals surface area contributed by atoms with Gasteiger partial charge in [-0.25, -0.2) is 14.4 Å². The van der Waals surface area contributed by atoms with Crippen LogP contribution in [0.25, 0.3) is 11.3 Å². The van der Waals surface area contributed by atoms with Crippen LogP contribution >= 0.6 is 11.6 Å². The quantitative estimate of drug-likeness (QED) is 0.761. The number of hydrogen-bond acceptors (Lipinski definition) is 2. The number of rotatable bonds is 2. The minimum Gasteiger partial charge on any atom is -0.232 e. The molecule has 0 unspecified atom stereocenters. The fourth-order valence-electron chi connectivity index (χ4n) is 1.97. The molecule has 4 heteroatoms. The van der Waals surface area contributed by atoms with Gasteiger partial charge in [-0.05, 0) is 37.5 Å². The van der Waals surface area contributed by atoms with Gasteiger partial charge in [0.15, 0.2) is 0 Å². The molecular formula is C14H12ClFN2. The van der Waals surface area contributed by atoms with E-state index in [-0.39, 0.29) is 5.82 Å². The van der Waals surface area contributed by atoms with E-state index in [0.717, 1.165) is 29.8 Å². The Hall–Kier alpha value is -1.48. The van der Waals surface area contributed by atoms with Crippen molar-refractivity contribution in [3.63, 3.8) is 0 Å². The van der Waals surface area contributed by atoms with Gasteiger partial charge < -0.3 is 0 Å². The Labute approximate surface area is 110 Å². The largest absolute Gasteiger partial charge is 0.232 e. The number of aryl methyl sites for hydroxylation is 1. The molecule has 0 atom stereocenters. The lowest BCUT2D eigenvalue weighted by atomic mass is 10.1. The highest BCUT2D eigenvalue weighted by molar-refractivity contribution is 6.29. The highest BCUT2D eigenvalue weighted by atomic mass is 35.5. The smallest absolute Gasteiger partial charge is 0.133 e. The Bertz CT molecular complexity index is 609. The molecule has 3 rings (SSSR count). The van der Waals surface area contributed by atoms with Crippen molar-refractivity contribution < 1.29 is 4.39 Å². The first-order chi connectivity index (χ1) is 8.63. The molecule has 1 aliphatic rings. The monoisotopic (exact) mass is 262 g/mol. The van der Waals surface area contributed by atoms with Gasteiger partial charge in [0.2, 0.25) is 0 Å². The summed E-state index contributed by atoms with van der Waals surface area (Å²) in [4.78, 5) is 8.74. The molecule has 2 nitrogen and oxygen atoms in total. The average Bonchev–Trinajstić information content (AvgIpc) is 3.15. The van der Waals surface area contributed by atoms with Crippen LogP contribution < -0.4 is 0 Å². The van der Waals surface area contributed by atoms with Crippen LogP contribution in [0.2, 0.25) is 5.15 Å². The number of hydrogen-bond donors (Lipinski definition) is 0. The van der Waals surface area contributed by atoms with E-state index >= 15 is 0 Å². The van der Waals surface area contributed by atoms with Crippen molar-refractivity contribution in [1.29, 1.82) is 0 Å². The lowest BCUT2D eigenvalue weighted by Gasteiger charge is -2.07. The van der Waals surface area contributed by atoms with Crippen LogP contribution in [0.1, 0.15) is 30.1 Å². The maximum atomic E-state index is 13.3. The van der Waals surface area contributed by atoms with Gasteiger partial charge in [0.05, 0.1) is 5.69 Å². The molecule has 0 bridgehead atoms.